The first-order chi connectivity index (χ1) is 12.2. The zero-order valence-electron chi connectivity index (χ0n) is 13.9. The second kappa shape index (κ2) is 7.76. The number of aryl methyl sites for hydroxylation is 1. The van der Waals surface area contributed by atoms with E-state index in [9.17, 15) is 4.79 Å². The lowest BCUT2D eigenvalue weighted by atomic mass is 10.2. The van der Waals surface area contributed by atoms with Gasteiger partial charge in [0.2, 0.25) is 0 Å². The van der Waals surface area contributed by atoms with Crippen LogP contribution in [0.2, 0.25) is 0 Å². The number of methoxy groups -OCH3 is 1. The molecule has 6 nitrogen and oxygen atoms in total. The molecule has 0 fully saturated rings. The smallest absolute Gasteiger partial charge is 0.264 e. The highest BCUT2D eigenvalue weighted by atomic mass is 32.1. The molecule has 3 aromatic rings. The lowest BCUT2D eigenvalue weighted by Gasteiger charge is -2.09. The van der Waals surface area contributed by atoms with Crippen LogP contribution in [0, 0.1) is 6.92 Å². The highest BCUT2D eigenvalue weighted by Crippen LogP contribution is 2.32. The quantitative estimate of drug-likeness (QED) is 0.732. The van der Waals surface area contributed by atoms with Crippen LogP contribution in [0.25, 0.3) is 10.4 Å². The van der Waals surface area contributed by atoms with Gasteiger partial charge in [0.05, 0.1) is 17.7 Å². The van der Waals surface area contributed by atoms with Crippen LogP contribution < -0.4 is 14.8 Å². The Labute approximate surface area is 149 Å². The monoisotopic (exact) mass is 355 g/mol. The normalized spacial score (nSPS) is 10.3. The summed E-state index contributed by atoms with van der Waals surface area (Å²) in [5, 5.41) is 3.30. The molecule has 0 saturated carbocycles. The van der Waals surface area contributed by atoms with E-state index >= 15 is 0 Å². The SMILES string of the molecule is COc1ccccc1OCC(=O)Nc1nc(C)c(-c2cccnc2)s1. The van der Waals surface area contributed by atoms with Crippen molar-refractivity contribution in [3.8, 4) is 21.9 Å². The Bertz CT molecular complexity index is 865. The Morgan fingerprint density at radius 2 is 2.00 bits per heavy atom. The molecule has 0 aliphatic rings. The zero-order valence-corrected chi connectivity index (χ0v) is 14.7. The molecule has 0 aliphatic carbocycles. The van der Waals surface area contributed by atoms with E-state index in [0.29, 0.717) is 16.6 Å². The van der Waals surface area contributed by atoms with E-state index in [-0.39, 0.29) is 12.5 Å². The predicted molar refractivity (Wildman–Crippen MR) is 97.2 cm³/mol. The van der Waals surface area contributed by atoms with Gasteiger partial charge in [-0.3, -0.25) is 15.1 Å². The lowest BCUT2D eigenvalue weighted by molar-refractivity contribution is -0.118. The van der Waals surface area contributed by atoms with Gasteiger partial charge in [-0.15, -0.1) is 0 Å². The molecule has 1 amide bonds. The minimum absolute atomic E-state index is 0.124. The fraction of sp³-hybridized carbons (Fsp3) is 0.167. The van der Waals surface area contributed by atoms with Crippen molar-refractivity contribution in [3.05, 3.63) is 54.5 Å². The number of benzene rings is 1. The minimum atomic E-state index is -0.280. The van der Waals surface area contributed by atoms with Crippen LogP contribution in [0.3, 0.4) is 0 Å². The summed E-state index contributed by atoms with van der Waals surface area (Å²) in [6.07, 6.45) is 3.49. The molecule has 0 spiro atoms. The number of thiazole rings is 1. The number of aromatic nitrogens is 2. The minimum Gasteiger partial charge on any atom is -0.493 e. The Hall–Kier alpha value is -2.93. The van der Waals surface area contributed by atoms with Gasteiger partial charge >= 0.3 is 0 Å². The van der Waals surface area contributed by atoms with Crippen LogP contribution in [-0.2, 0) is 4.79 Å². The van der Waals surface area contributed by atoms with Crippen LogP contribution in [0.15, 0.2) is 48.8 Å². The Balaban J connectivity index is 1.64. The van der Waals surface area contributed by atoms with E-state index in [1.54, 1.807) is 31.6 Å². The molecular weight excluding hydrogens is 338 g/mol. The molecule has 0 radical (unpaired) electrons. The first-order valence-corrected chi connectivity index (χ1v) is 8.42. The number of ether oxygens (including phenoxy) is 2. The molecule has 2 aromatic heterocycles. The maximum absolute atomic E-state index is 12.1. The molecule has 7 heteroatoms. The number of hydrogen-bond acceptors (Lipinski definition) is 6. The molecule has 25 heavy (non-hydrogen) atoms. The maximum Gasteiger partial charge on any atom is 0.264 e. The standard InChI is InChI=1S/C18H17N3O3S/c1-12-17(13-6-5-9-19-10-13)25-18(20-12)21-16(22)11-24-15-8-4-3-7-14(15)23-2/h3-10H,11H2,1-2H3,(H,20,21,22). The van der Waals surface area contributed by atoms with Gasteiger partial charge in [0, 0.05) is 18.0 Å². The van der Waals surface area contributed by atoms with Gasteiger partial charge in [0.25, 0.3) is 5.91 Å². The van der Waals surface area contributed by atoms with Crippen molar-refractivity contribution in [1.29, 1.82) is 0 Å². The number of rotatable bonds is 6. The fourth-order valence-corrected chi connectivity index (χ4v) is 3.22. The zero-order chi connectivity index (χ0) is 17.6. The third-order valence-corrected chi connectivity index (χ3v) is 4.52. The second-order valence-electron chi connectivity index (χ2n) is 5.16. The van der Waals surface area contributed by atoms with E-state index in [1.165, 1.54) is 11.3 Å². The van der Waals surface area contributed by atoms with E-state index in [0.717, 1.165) is 16.1 Å². The van der Waals surface area contributed by atoms with Crippen LogP contribution >= 0.6 is 11.3 Å². The number of pyridine rings is 1. The first kappa shape index (κ1) is 16.9. The van der Waals surface area contributed by atoms with Crippen molar-refractivity contribution in [2.24, 2.45) is 0 Å². The van der Waals surface area contributed by atoms with Gasteiger partial charge < -0.3 is 9.47 Å². The van der Waals surface area contributed by atoms with Crippen molar-refractivity contribution in [2.45, 2.75) is 6.92 Å². The highest BCUT2D eigenvalue weighted by molar-refractivity contribution is 7.19. The molecule has 1 N–H and O–H groups in total. The van der Waals surface area contributed by atoms with Crippen LogP contribution in [-0.4, -0.2) is 29.6 Å². The molecule has 1 aromatic carbocycles. The summed E-state index contributed by atoms with van der Waals surface area (Å²) in [5.41, 5.74) is 1.82. The molecule has 3 rings (SSSR count). The van der Waals surface area contributed by atoms with E-state index in [2.05, 4.69) is 15.3 Å². The molecule has 2 heterocycles. The highest BCUT2D eigenvalue weighted by Gasteiger charge is 2.13. The maximum atomic E-state index is 12.1. The van der Waals surface area contributed by atoms with Crippen molar-refractivity contribution in [1.82, 2.24) is 9.97 Å². The third-order valence-electron chi connectivity index (χ3n) is 3.39. The van der Waals surface area contributed by atoms with Gasteiger partial charge in [-0.25, -0.2) is 4.98 Å². The van der Waals surface area contributed by atoms with Crippen LogP contribution in [0.1, 0.15) is 5.69 Å². The summed E-state index contributed by atoms with van der Waals surface area (Å²) < 4.78 is 10.7. The summed E-state index contributed by atoms with van der Waals surface area (Å²) in [7, 11) is 1.56. The summed E-state index contributed by atoms with van der Waals surface area (Å²) in [6.45, 7) is 1.78. The molecule has 0 aliphatic heterocycles. The number of anilines is 1. The summed E-state index contributed by atoms with van der Waals surface area (Å²) >= 11 is 1.41. The predicted octanol–water partition coefficient (Wildman–Crippen LogP) is 3.54. The molecular formula is C18H17N3O3S. The summed E-state index contributed by atoms with van der Waals surface area (Å²) in [6, 6.07) is 11.0. The molecule has 0 saturated heterocycles. The van der Waals surface area contributed by atoms with Gasteiger partial charge in [0.15, 0.2) is 23.2 Å². The van der Waals surface area contributed by atoms with Gasteiger partial charge in [0.1, 0.15) is 0 Å². The van der Waals surface area contributed by atoms with Crippen molar-refractivity contribution >= 4 is 22.4 Å². The van der Waals surface area contributed by atoms with Crippen molar-refractivity contribution in [2.75, 3.05) is 19.0 Å². The number of nitrogens with zero attached hydrogens (tertiary/aromatic N) is 2. The van der Waals surface area contributed by atoms with Gasteiger partial charge in [-0.1, -0.05) is 29.5 Å². The number of carbonyl (C=O) groups is 1. The number of hydrogen-bond donors (Lipinski definition) is 1. The largest absolute Gasteiger partial charge is 0.493 e. The Morgan fingerprint density at radius 1 is 1.20 bits per heavy atom. The van der Waals surface area contributed by atoms with Crippen molar-refractivity contribution in [3.63, 3.8) is 0 Å². The van der Waals surface area contributed by atoms with Crippen LogP contribution in [0.4, 0.5) is 5.13 Å². The average molecular weight is 355 g/mol. The fourth-order valence-electron chi connectivity index (χ4n) is 2.25. The Morgan fingerprint density at radius 3 is 2.72 bits per heavy atom. The molecule has 0 atom stereocenters. The average Bonchev–Trinajstić information content (AvgIpc) is 3.01. The van der Waals surface area contributed by atoms with Crippen molar-refractivity contribution < 1.29 is 14.3 Å². The van der Waals surface area contributed by atoms with Crippen LogP contribution in [0.5, 0.6) is 11.5 Å². The van der Waals surface area contributed by atoms with E-state index in [1.807, 2.05) is 31.2 Å². The molecule has 128 valence electrons. The number of para-hydroxylation sites is 2. The summed E-state index contributed by atoms with van der Waals surface area (Å²) in [5.74, 6) is 0.822. The number of carbonyl (C=O) groups excluding carboxylic acids is 1. The number of amides is 1. The Kier molecular flexibility index (Phi) is 5.25. The molecule has 0 unspecified atom stereocenters. The molecule has 0 bridgehead atoms. The topological polar surface area (TPSA) is 73.3 Å². The van der Waals surface area contributed by atoms with Gasteiger partial charge in [-0.2, -0.15) is 0 Å². The number of nitrogens with one attached hydrogen (secondary N) is 1. The third kappa shape index (κ3) is 4.13. The van der Waals surface area contributed by atoms with E-state index < -0.39 is 0 Å². The summed E-state index contributed by atoms with van der Waals surface area (Å²) in [4.78, 5) is 21.6. The first-order valence-electron chi connectivity index (χ1n) is 7.61. The van der Waals surface area contributed by atoms with Gasteiger partial charge in [-0.05, 0) is 25.1 Å². The van der Waals surface area contributed by atoms with E-state index in [4.69, 9.17) is 9.47 Å². The lowest BCUT2D eigenvalue weighted by Crippen LogP contribution is -2.20. The second-order valence-corrected chi connectivity index (χ2v) is 6.16.